The van der Waals surface area contributed by atoms with Crippen molar-refractivity contribution in [1.29, 1.82) is 0 Å². The Bertz CT molecular complexity index is 573. The van der Waals surface area contributed by atoms with E-state index in [1.807, 2.05) is 17.9 Å². The molecule has 0 atom stereocenters. The lowest BCUT2D eigenvalue weighted by Gasteiger charge is -2.06. The summed E-state index contributed by atoms with van der Waals surface area (Å²) in [5.41, 5.74) is 4.87. The summed E-state index contributed by atoms with van der Waals surface area (Å²) in [4.78, 5) is 0. The molecule has 0 amide bonds. The molecule has 2 heterocycles. The van der Waals surface area contributed by atoms with Gasteiger partial charge >= 0.3 is 0 Å². The highest BCUT2D eigenvalue weighted by Gasteiger charge is 2.11. The molecule has 0 aliphatic heterocycles. The number of nitrogens with one attached hydrogen (secondary N) is 1. The number of methoxy groups -OCH3 is 1. The number of aryl methyl sites for hydroxylation is 4. The lowest BCUT2D eigenvalue weighted by Crippen LogP contribution is -2.19. The van der Waals surface area contributed by atoms with Gasteiger partial charge in [0.25, 0.3) is 0 Å². The summed E-state index contributed by atoms with van der Waals surface area (Å²) in [5, 5.41) is 12.2. The minimum absolute atomic E-state index is 0.729. The Kier molecular flexibility index (Phi) is 5.52. The number of ether oxygens (including phenoxy) is 1. The number of nitrogens with zero attached hydrogens (tertiary/aromatic N) is 4. The molecule has 2 rings (SSSR count). The van der Waals surface area contributed by atoms with E-state index in [0.717, 1.165) is 38.4 Å². The Morgan fingerprint density at radius 1 is 1.33 bits per heavy atom. The lowest BCUT2D eigenvalue weighted by atomic mass is 10.2. The monoisotopic (exact) mass is 291 g/mol. The molecule has 0 unspecified atom stereocenters. The molecule has 21 heavy (non-hydrogen) atoms. The van der Waals surface area contributed by atoms with Crippen molar-refractivity contribution in [3.8, 4) is 0 Å². The predicted molar refractivity (Wildman–Crippen MR) is 82.2 cm³/mol. The predicted octanol–water partition coefficient (Wildman–Crippen LogP) is 1.21. The molecule has 0 fully saturated rings. The van der Waals surface area contributed by atoms with Gasteiger partial charge in [-0.1, -0.05) is 0 Å². The molecule has 0 saturated heterocycles. The molecule has 0 aliphatic rings. The van der Waals surface area contributed by atoms with Crippen molar-refractivity contribution >= 4 is 0 Å². The third-order valence-electron chi connectivity index (χ3n) is 3.69. The molecule has 0 aliphatic carbocycles. The van der Waals surface area contributed by atoms with Gasteiger partial charge in [0.1, 0.15) is 0 Å². The number of hydrogen-bond donors (Lipinski definition) is 1. The van der Waals surface area contributed by atoms with Gasteiger partial charge in [-0.15, -0.1) is 0 Å². The van der Waals surface area contributed by atoms with Crippen LogP contribution in [0, 0.1) is 13.8 Å². The third kappa shape index (κ3) is 4.15. The van der Waals surface area contributed by atoms with E-state index >= 15 is 0 Å². The SMILES string of the molecule is COCCNCc1c(C)nn(CCc2cnn(C)c2)c1C. The Hall–Kier alpha value is -1.66. The van der Waals surface area contributed by atoms with E-state index < -0.39 is 0 Å². The summed E-state index contributed by atoms with van der Waals surface area (Å²) in [6.45, 7) is 7.52. The molecule has 116 valence electrons. The van der Waals surface area contributed by atoms with Gasteiger partial charge in [0.15, 0.2) is 0 Å². The minimum atomic E-state index is 0.729. The van der Waals surface area contributed by atoms with Gasteiger partial charge in [0.2, 0.25) is 0 Å². The molecule has 2 aromatic rings. The van der Waals surface area contributed by atoms with Crippen LogP contribution in [0.25, 0.3) is 0 Å². The molecule has 6 heteroatoms. The van der Waals surface area contributed by atoms with Crippen molar-refractivity contribution in [3.63, 3.8) is 0 Å². The summed E-state index contributed by atoms with van der Waals surface area (Å²) in [5.74, 6) is 0. The van der Waals surface area contributed by atoms with Crippen molar-refractivity contribution < 1.29 is 4.74 Å². The van der Waals surface area contributed by atoms with Crippen molar-refractivity contribution in [2.75, 3.05) is 20.3 Å². The van der Waals surface area contributed by atoms with E-state index in [1.54, 1.807) is 7.11 Å². The highest BCUT2D eigenvalue weighted by molar-refractivity contribution is 5.24. The first-order valence-electron chi connectivity index (χ1n) is 7.32. The maximum Gasteiger partial charge on any atom is 0.0641 e. The molecule has 0 bridgehead atoms. The van der Waals surface area contributed by atoms with Crippen molar-refractivity contribution in [2.45, 2.75) is 33.4 Å². The van der Waals surface area contributed by atoms with Crippen molar-refractivity contribution in [2.24, 2.45) is 7.05 Å². The van der Waals surface area contributed by atoms with E-state index in [2.05, 4.69) is 40.2 Å². The lowest BCUT2D eigenvalue weighted by molar-refractivity contribution is 0.199. The number of aromatic nitrogens is 4. The van der Waals surface area contributed by atoms with Crippen molar-refractivity contribution in [3.05, 3.63) is 34.9 Å². The van der Waals surface area contributed by atoms with Gasteiger partial charge in [-0.3, -0.25) is 9.36 Å². The fourth-order valence-electron chi connectivity index (χ4n) is 2.43. The first kappa shape index (κ1) is 15.7. The van der Waals surface area contributed by atoms with Crippen LogP contribution in [0.2, 0.25) is 0 Å². The molecule has 0 radical (unpaired) electrons. The highest BCUT2D eigenvalue weighted by Crippen LogP contribution is 2.13. The van der Waals surface area contributed by atoms with Crippen LogP contribution in [-0.2, 0) is 31.3 Å². The average Bonchev–Trinajstić information content (AvgIpc) is 2.98. The van der Waals surface area contributed by atoms with Gasteiger partial charge in [-0.25, -0.2) is 0 Å². The molecular formula is C15H25N5O. The summed E-state index contributed by atoms with van der Waals surface area (Å²) < 4.78 is 8.97. The second-order valence-electron chi connectivity index (χ2n) is 5.31. The first-order valence-corrected chi connectivity index (χ1v) is 7.32. The van der Waals surface area contributed by atoms with Crippen LogP contribution in [0.15, 0.2) is 12.4 Å². The topological polar surface area (TPSA) is 56.9 Å². The van der Waals surface area contributed by atoms with Crippen LogP contribution in [0.5, 0.6) is 0 Å². The Balaban J connectivity index is 1.94. The van der Waals surface area contributed by atoms with Crippen LogP contribution < -0.4 is 5.32 Å². The molecule has 0 spiro atoms. The summed E-state index contributed by atoms with van der Waals surface area (Å²) >= 11 is 0. The summed E-state index contributed by atoms with van der Waals surface area (Å²) in [6, 6.07) is 0. The maximum absolute atomic E-state index is 5.04. The standard InChI is InChI=1S/C15H25N5O/c1-12-15(10-16-6-8-21-4)13(2)20(18-12)7-5-14-9-17-19(3)11-14/h9,11,16H,5-8,10H2,1-4H3. The zero-order chi connectivity index (χ0) is 15.2. The van der Waals surface area contributed by atoms with E-state index in [9.17, 15) is 0 Å². The number of hydrogen-bond acceptors (Lipinski definition) is 4. The minimum Gasteiger partial charge on any atom is -0.383 e. The zero-order valence-electron chi connectivity index (χ0n) is 13.4. The third-order valence-corrected chi connectivity index (χ3v) is 3.69. The van der Waals surface area contributed by atoms with Gasteiger partial charge in [0, 0.05) is 51.2 Å². The second kappa shape index (κ2) is 7.38. The molecule has 1 N–H and O–H groups in total. The summed E-state index contributed by atoms with van der Waals surface area (Å²) in [7, 11) is 3.66. The normalized spacial score (nSPS) is 11.2. The van der Waals surface area contributed by atoms with E-state index in [0.29, 0.717) is 0 Å². The van der Waals surface area contributed by atoms with E-state index in [1.165, 1.54) is 16.8 Å². The van der Waals surface area contributed by atoms with Crippen LogP contribution >= 0.6 is 0 Å². The first-order chi connectivity index (χ1) is 10.1. The Labute approximate surface area is 126 Å². The Morgan fingerprint density at radius 3 is 2.81 bits per heavy atom. The molecular weight excluding hydrogens is 266 g/mol. The van der Waals surface area contributed by atoms with Gasteiger partial charge in [0.05, 0.1) is 18.5 Å². The van der Waals surface area contributed by atoms with Crippen LogP contribution in [-0.4, -0.2) is 39.8 Å². The van der Waals surface area contributed by atoms with Crippen LogP contribution in [0.4, 0.5) is 0 Å². The fourth-order valence-corrected chi connectivity index (χ4v) is 2.43. The van der Waals surface area contributed by atoms with E-state index in [4.69, 9.17) is 4.74 Å². The highest BCUT2D eigenvalue weighted by atomic mass is 16.5. The smallest absolute Gasteiger partial charge is 0.0641 e. The van der Waals surface area contributed by atoms with E-state index in [-0.39, 0.29) is 0 Å². The Morgan fingerprint density at radius 2 is 2.14 bits per heavy atom. The van der Waals surface area contributed by atoms with Gasteiger partial charge in [-0.2, -0.15) is 10.2 Å². The van der Waals surface area contributed by atoms with Crippen LogP contribution in [0.1, 0.15) is 22.5 Å². The van der Waals surface area contributed by atoms with Gasteiger partial charge < -0.3 is 10.1 Å². The fraction of sp³-hybridized carbons (Fsp3) is 0.600. The zero-order valence-corrected chi connectivity index (χ0v) is 13.4. The average molecular weight is 291 g/mol. The molecule has 0 saturated carbocycles. The molecule has 6 nitrogen and oxygen atoms in total. The largest absolute Gasteiger partial charge is 0.383 e. The van der Waals surface area contributed by atoms with Crippen LogP contribution in [0.3, 0.4) is 0 Å². The molecule has 0 aromatic carbocycles. The second-order valence-corrected chi connectivity index (χ2v) is 5.31. The quantitative estimate of drug-likeness (QED) is 0.743. The van der Waals surface area contributed by atoms with Crippen molar-refractivity contribution in [1.82, 2.24) is 24.9 Å². The maximum atomic E-state index is 5.04. The van der Waals surface area contributed by atoms with Gasteiger partial charge in [-0.05, 0) is 25.8 Å². The summed E-state index contributed by atoms with van der Waals surface area (Å²) in [6.07, 6.45) is 4.92. The molecule has 2 aromatic heterocycles. The number of rotatable bonds is 8.